The summed E-state index contributed by atoms with van der Waals surface area (Å²) >= 11 is 0. The smallest absolute Gasteiger partial charge is 0.330 e. The summed E-state index contributed by atoms with van der Waals surface area (Å²) in [5, 5.41) is 42.2. The molecule has 0 bridgehead atoms. The number of esters is 5. The molecule has 2 fully saturated rings. The summed E-state index contributed by atoms with van der Waals surface area (Å²) in [6.45, 7) is 1.80. The van der Waals surface area contributed by atoms with Crippen LogP contribution < -0.4 is 0 Å². The number of carbonyl (C=O) groups is 5. The molecule has 0 unspecified atom stereocenters. The largest absolute Gasteiger partial charge is 0.508 e. The molecule has 0 amide bonds. The second-order valence-corrected chi connectivity index (χ2v) is 10.7. The quantitative estimate of drug-likeness (QED) is 0.111. The lowest BCUT2D eigenvalue weighted by atomic mass is 9.94. The first-order valence-corrected chi connectivity index (χ1v) is 14.4. The molecule has 17 nitrogen and oxygen atoms in total. The molecule has 1 aromatic rings. The van der Waals surface area contributed by atoms with Crippen molar-refractivity contribution in [2.75, 3.05) is 26.4 Å². The van der Waals surface area contributed by atoms with E-state index in [1.807, 2.05) is 0 Å². The molecule has 17 heteroatoms. The van der Waals surface area contributed by atoms with Gasteiger partial charge in [0.25, 0.3) is 0 Å². The number of benzene rings is 1. The normalized spacial score (nSPS) is 30.4. The van der Waals surface area contributed by atoms with Crippen LogP contribution in [0.2, 0.25) is 0 Å². The fraction of sp³-hybridized carbons (Fsp3) is 0.567. The minimum Gasteiger partial charge on any atom is -0.508 e. The Morgan fingerprint density at radius 2 is 1.34 bits per heavy atom. The first-order valence-electron chi connectivity index (χ1n) is 14.4. The topological polar surface area (TPSA) is 240 Å². The molecule has 0 spiro atoms. The van der Waals surface area contributed by atoms with E-state index < -0.39 is 111 Å². The van der Waals surface area contributed by atoms with E-state index in [1.54, 1.807) is 12.1 Å². The van der Waals surface area contributed by atoms with Gasteiger partial charge in [0.1, 0.15) is 62.2 Å². The Labute approximate surface area is 268 Å². The van der Waals surface area contributed by atoms with Gasteiger partial charge in [0.2, 0.25) is 5.79 Å². The van der Waals surface area contributed by atoms with Crippen LogP contribution in [0.4, 0.5) is 0 Å². The van der Waals surface area contributed by atoms with Crippen LogP contribution in [-0.4, -0.2) is 131 Å². The number of aromatic hydroxyl groups is 1. The lowest BCUT2D eigenvalue weighted by Gasteiger charge is -2.44. The molecule has 1 aromatic carbocycles. The number of phenolic OH excluding ortho intramolecular Hbond substituents is 1. The van der Waals surface area contributed by atoms with Gasteiger partial charge in [-0.2, -0.15) is 0 Å². The predicted molar refractivity (Wildman–Crippen MR) is 153 cm³/mol. The maximum Gasteiger partial charge on any atom is 0.330 e. The molecule has 0 radical (unpaired) electrons. The van der Waals surface area contributed by atoms with Gasteiger partial charge in [-0.15, -0.1) is 0 Å². The molecule has 2 saturated heterocycles. The maximum absolute atomic E-state index is 12.3. The fourth-order valence-corrected chi connectivity index (χ4v) is 4.79. The van der Waals surface area contributed by atoms with Gasteiger partial charge >= 0.3 is 29.8 Å². The van der Waals surface area contributed by atoms with Crippen molar-refractivity contribution in [1.29, 1.82) is 0 Å². The average molecular weight is 671 g/mol. The standard InChI is InChI=1S/C30H38O17/c1-15(31)40-12-23-27(44-17(3)33)28(45-18(4)34)25(37)21(46-23)13-43-30(14-42-16(2)32)29(39)26(38)22(47-30)11-41-24(36)10-7-19-5-8-20(35)9-6-19/h5-10,21-23,25-29,35,37-39H,11-14H2,1-4H3/b10-7+/t21-,22-,23-,25+,26+,27-,28-,29-,30-/m1/s1. The Bertz CT molecular complexity index is 1300. The number of hydrogen-bond acceptors (Lipinski definition) is 17. The lowest BCUT2D eigenvalue weighted by molar-refractivity contribution is -0.306. The zero-order chi connectivity index (χ0) is 34.9. The van der Waals surface area contributed by atoms with Crippen molar-refractivity contribution in [3.8, 4) is 5.75 Å². The highest BCUT2D eigenvalue weighted by molar-refractivity contribution is 5.87. The third-order valence-corrected chi connectivity index (χ3v) is 6.98. The molecule has 0 aromatic heterocycles. The van der Waals surface area contributed by atoms with Crippen LogP contribution in [-0.2, 0) is 61.9 Å². The van der Waals surface area contributed by atoms with Crippen LogP contribution in [0.5, 0.6) is 5.75 Å². The van der Waals surface area contributed by atoms with Crippen LogP contribution in [0.25, 0.3) is 6.08 Å². The molecule has 2 aliphatic heterocycles. The number of hydrogen-bond donors (Lipinski definition) is 4. The second kappa shape index (κ2) is 16.6. The molecule has 0 aliphatic carbocycles. The number of ether oxygens (including phenoxy) is 8. The van der Waals surface area contributed by atoms with Crippen molar-refractivity contribution >= 4 is 35.9 Å². The number of aliphatic hydroxyl groups excluding tert-OH is 3. The number of carbonyl (C=O) groups excluding carboxylic acids is 5. The SMILES string of the molecule is CC(=O)OC[C@H]1O[C@H](CO[C@]2(COC(C)=O)O[C@H](COC(=O)/C=C/c3ccc(O)cc3)[C@H](O)[C@H]2O)[C@H](O)[C@@H](OC(C)=O)[C@@H]1OC(C)=O. The zero-order valence-corrected chi connectivity index (χ0v) is 26.0. The van der Waals surface area contributed by atoms with E-state index in [2.05, 4.69) is 0 Å². The van der Waals surface area contributed by atoms with Crippen molar-refractivity contribution in [2.45, 2.75) is 82.3 Å². The highest BCUT2D eigenvalue weighted by Gasteiger charge is 2.58. The highest BCUT2D eigenvalue weighted by atomic mass is 16.8. The van der Waals surface area contributed by atoms with Crippen molar-refractivity contribution in [1.82, 2.24) is 0 Å². The van der Waals surface area contributed by atoms with Gasteiger partial charge < -0.3 is 58.3 Å². The van der Waals surface area contributed by atoms with Crippen LogP contribution in [0.1, 0.15) is 33.3 Å². The Morgan fingerprint density at radius 1 is 0.745 bits per heavy atom. The number of aliphatic hydroxyl groups is 3. The van der Waals surface area contributed by atoms with Gasteiger partial charge in [-0.3, -0.25) is 19.2 Å². The molecule has 0 saturated carbocycles. The van der Waals surface area contributed by atoms with Gasteiger partial charge in [0.05, 0.1) is 6.61 Å². The molecule has 2 aliphatic rings. The molecule has 4 N–H and O–H groups in total. The average Bonchev–Trinajstić information content (AvgIpc) is 3.24. The van der Waals surface area contributed by atoms with E-state index >= 15 is 0 Å². The first kappa shape index (κ1) is 37.3. The molecular weight excluding hydrogens is 632 g/mol. The van der Waals surface area contributed by atoms with Crippen LogP contribution in [0, 0.1) is 0 Å². The summed E-state index contributed by atoms with van der Waals surface area (Å²) in [4.78, 5) is 59.1. The summed E-state index contributed by atoms with van der Waals surface area (Å²) in [6.07, 6.45) is -9.85. The molecule has 260 valence electrons. The minimum atomic E-state index is -2.28. The summed E-state index contributed by atoms with van der Waals surface area (Å²) in [6, 6.07) is 5.95. The van der Waals surface area contributed by atoms with E-state index in [1.165, 1.54) is 18.2 Å². The Morgan fingerprint density at radius 3 is 1.94 bits per heavy atom. The van der Waals surface area contributed by atoms with Gasteiger partial charge in [-0.25, -0.2) is 4.79 Å². The molecule has 47 heavy (non-hydrogen) atoms. The van der Waals surface area contributed by atoms with Gasteiger partial charge in [0.15, 0.2) is 12.2 Å². The Balaban J connectivity index is 1.77. The Kier molecular flexibility index (Phi) is 13.2. The summed E-state index contributed by atoms with van der Waals surface area (Å²) < 4.78 is 43.0. The van der Waals surface area contributed by atoms with Gasteiger partial charge in [-0.05, 0) is 23.8 Å². The summed E-state index contributed by atoms with van der Waals surface area (Å²) in [5.41, 5.74) is 0.582. The van der Waals surface area contributed by atoms with E-state index in [4.69, 9.17) is 37.9 Å². The highest BCUT2D eigenvalue weighted by Crippen LogP contribution is 2.35. The second-order valence-electron chi connectivity index (χ2n) is 10.7. The van der Waals surface area contributed by atoms with Crippen molar-refractivity contribution in [3.05, 3.63) is 35.9 Å². The van der Waals surface area contributed by atoms with Crippen molar-refractivity contribution in [3.63, 3.8) is 0 Å². The maximum atomic E-state index is 12.3. The van der Waals surface area contributed by atoms with Gasteiger partial charge in [0, 0.05) is 33.8 Å². The van der Waals surface area contributed by atoms with E-state index in [-0.39, 0.29) is 5.75 Å². The third kappa shape index (κ3) is 10.4. The van der Waals surface area contributed by atoms with Crippen LogP contribution >= 0.6 is 0 Å². The minimum absolute atomic E-state index is 0.0388. The van der Waals surface area contributed by atoms with Crippen molar-refractivity contribution < 1.29 is 82.3 Å². The van der Waals surface area contributed by atoms with E-state index in [0.29, 0.717) is 5.56 Å². The van der Waals surface area contributed by atoms with Crippen molar-refractivity contribution in [2.24, 2.45) is 0 Å². The third-order valence-electron chi connectivity index (χ3n) is 6.98. The molecule has 3 rings (SSSR count). The zero-order valence-electron chi connectivity index (χ0n) is 26.0. The number of rotatable bonds is 13. The first-order chi connectivity index (χ1) is 22.1. The molecule has 9 atom stereocenters. The lowest BCUT2D eigenvalue weighted by Crippen LogP contribution is -2.63. The fourth-order valence-electron chi connectivity index (χ4n) is 4.79. The van der Waals surface area contributed by atoms with Crippen LogP contribution in [0.15, 0.2) is 30.3 Å². The Hall–Kier alpha value is -4.13. The summed E-state index contributed by atoms with van der Waals surface area (Å²) in [7, 11) is 0. The van der Waals surface area contributed by atoms with Gasteiger partial charge in [-0.1, -0.05) is 12.1 Å². The monoisotopic (exact) mass is 670 g/mol. The predicted octanol–water partition coefficient (Wildman–Crippen LogP) is -1.10. The molecule has 2 heterocycles. The summed E-state index contributed by atoms with van der Waals surface area (Å²) in [5.74, 6) is -6.25. The van der Waals surface area contributed by atoms with Crippen LogP contribution in [0.3, 0.4) is 0 Å². The molecular formula is C30H38O17. The van der Waals surface area contributed by atoms with E-state index in [9.17, 15) is 44.4 Å². The van der Waals surface area contributed by atoms with E-state index in [0.717, 1.165) is 33.8 Å². The number of phenols is 1.